The van der Waals surface area contributed by atoms with Crippen LogP contribution in [0.2, 0.25) is 5.02 Å². The van der Waals surface area contributed by atoms with Crippen molar-refractivity contribution in [2.45, 2.75) is 25.9 Å². The van der Waals surface area contributed by atoms with Crippen molar-refractivity contribution in [1.82, 2.24) is 5.32 Å². The molecule has 3 nitrogen and oxygen atoms in total. The number of nitrogens with one attached hydrogen (secondary N) is 2. The van der Waals surface area contributed by atoms with Gasteiger partial charge >= 0.3 is 6.18 Å². The number of anilines is 1. The quantitative estimate of drug-likeness (QED) is 0.872. The molecular weight excluding hydrogens is 305 g/mol. The predicted octanol–water partition coefficient (Wildman–Crippen LogP) is 3.69. The Morgan fingerprint density at radius 1 is 1.33 bits per heavy atom. The first-order valence-corrected chi connectivity index (χ1v) is 7.00. The molecule has 1 saturated heterocycles. The highest BCUT2D eigenvalue weighted by Crippen LogP contribution is 2.39. The molecule has 2 rings (SSSR count). The highest BCUT2D eigenvalue weighted by molar-refractivity contribution is 6.34. The number of rotatable bonds is 2. The molecule has 0 unspecified atom stereocenters. The predicted molar refractivity (Wildman–Crippen MR) is 75.3 cm³/mol. The zero-order chi connectivity index (χ0) is 15.7. The van der Waals surface area contributed by atoms with Crippen molar-refractivity contribution in [3.63, 3.8) is 0 Å². The SMILES string of the molecule is CC1(C(=O)Nc2c(Cl)cccc2C(F)(F)F)CCNCC1. The molecule has 0 radical (unpaired) electrons. The monoisotopic (exact) mass is 320 g/mol. The van der Waals surface area contributed by atoms with Crippen LogP contribution >= 0.6 is 11.6 Å². The maximum Gasteiger partial charge on any atom is 0.418 e. The number of carbonyl (C=O) groups is 1. The van der Waals surface area contributed by atoms with Gasteiger partial charge in [-0.25, -0.2) is 0 Å². The van der Waals surface area contributed by atoms with E-state index in [1.54, 1.807) is 6.92 Å². The lowest BCUT2D eigenvalue weighted by Crippen LogP contribution is -2.43. The van der Waals surface area contributed by atoms with Crippen molar-refractivity contribution in [2.75, 3.05) is 18.4 Å². The fraction of sp³-hybridized carbons (Fsp3) is 0.500. The van der Waals surface area contributed by atoms with Gasteiger partial charge in [0.15, 0.2) is 0 Å². The minimum Gasteiger partial charge on any atom is -0.324 e. The summed E-state index contributed by atoms with van der Waals surface area (Å²) >= 11 is 5.84. The van der Waals surface area contributed by atoms with Crippen LogP contribution in [0.25, 0.3) is 0 Å². The van der Waals surface area contributed by atoms with Crippen LogP contribution in [0.5, 0.6) is 0 Å². The Morgan fingerprint density at radius 3 is 2.52 bits per heavy atom. The Kier molecular flexibility index (Phi) is 4.49. The van der Waals surface area contributed by atoms with Crippen LogP contribution in [0, 0.1) is 5.41 Å². The van der Waals surface area contributed by atoms with Gasteiger partial charge in [-0.05, 0) is 38.1 Å². The van der Waals surface area contributed by atoms with Crippen LogP contribution in [0.3, 0.4) is 0 Å². The number of amides is 1. The third-order valence-electron chi connectivity index (χ3n) is 3.81. The number of carbonyl (C=O) groups excluding carboxylic acids is 1. The topological polar surface area (TPSA) is 41.1 Å². The summed E-state index contributed by atoms with van der Waals surface area (Å²) in [6.07, 6.45) is -3.42. The third kappa shape index (κ3) is 3.49. The molecule has 1 amide bonds. The normalized spacial score (nSPS) is 18.3. The Hall–Kier alpha value is -1.27. The fourth-order valence-electron chi connectivity index (χ4n) is 2.36. The number of halogens is 4. The van der Waals surface area contributed by atoms with E-state index < -0.39 is 23.1 Å². The maximum atomic E-state index is 13.0. The number of benzene rings is 1. The second kappa shape index (κ2) is 5.85. The standard InChI is InChI=1S/C14H16ClF3N2O/c1-13(5-7-19-8-6-13)12(21)20-11-9(14(16,17)18)3-2-4-10(11)15/h2-4,19H,5-8H2,1H3,(H,20,21). The number of para-hydroxylation sites is 1. The van der Waals surface area contributed by atoms with Gasteiger partial charge in [-0.15, -0.1) is 0 Å². The van der Waals surface area contributed by atoms with Crippen molar-refractivity contribution in [2.24, 2.45) is 5.41 Å². The number of hydrogen-bond acceptors (Lipinski definition) is 2. The first-order chi connectivity index (χ1) is 9.74. The second-order valence-electron chi connectivity index (χ2n) is 5.42. The zero-order valence-electron chi connectivity index (χ0n) is 11.5. The van der Waals surface area contributed by atoms with Crippen LogP contribution in [-0.2, 0) is 11.0 Å². The smallest absolute Gasteiger partial charge is 0.324 e. The van der Waals surface area contributed by atoms with Gasteiger partial charge in [0, 0.05) is 5.41 Å². The highest BCUT2D eigenvalue weighted by atomic mass is 35.5. The lowest BCUT2D eigenvalue weighted by molar-refractivity contribution is -0.137. The first-order valence-electron chi connectivity index (χ1n) is 6.62. The molecule has 1 aromatic rings. The molecule has 0 aliphatic carbocycles. The van der Waals surface area contributed by atoms with Crippen LogP contribution in [0.4, 0.5) is 18.9 Å². The molecule has 0 saturated carbocycles. The van der Waals surface area contributed by atoms with Crippen molar-refractivity contribution in [1.29, 1.82) is 0 Å². The van der Waals surface area contributed by atoms with E-state index in [0.717, 1.165) is 6.07 Å². The van der Waals surface area contributed by atoms with E-state index in [2.05, 4.69) is 10.6 Å². The summed E-state index contributed by atoms with van der Waals surface area (Å²) in [6, 6.07) is 3.45. The average molecular weight is 321 g/mol. The van der Waals surface area contributed by atoms with E-state index in [9.17, 15) is 18.0 Å². The maximum absolute atomic E-state index is 13.0. The van der Waals surface area contributed by atoms with E-state index in [0.29, 0.717) is 25.9 Å². The van der Waals surface area contributed by atoms with Gasteiger partial charge in [-0.1, -0.05) is 24.6 Å². The van der Waals surface area contributed by atoms with E-state index in [1.807, 2.05) is 0 Å². The van der Waals surface area contributed by atoms with E-state index in [4.69, 9.17) is 11.6 Å². The molecular formula is C14H16ClF3N2O. The molecule has 1 aliphatic rings. The number of alkyl halides is 3. The summed E-state index contributed by atoms with van der Waals surface area (Å²) in [5.41, 5.74) is -1.98. The first kappa shape index (κ1) is 16.1. The summed E-state index contributed by atoms with van der Waals surface area (Å²) < 4.78 is 39.0. The van der Waals surface area contributed by atoms with Crippen LogP contribution in [0.1, 0.15) is 25.3 Å². The molecule has 2 N–H and O–H groups in total. The Bertz CT molecular complexity index is 540. The highest BCUT2D eigenvalue weighted by Gasteiger charge is 2.38. The Labute approximate surface area is 125 Å². The van der Waals surface area contributed by atoms with Gasteiger partial charge in [0.1, 0.15) is 0 Å². The van der Waals surface area contributed by atoms with Crippen molar-refractivity contribution < 1.29 is 18.0 Å². The van der Waals surface area contributed by atoms with Crippen molar-refractivity contribution in [3.8, 4) is 0 Å². The summed E-state index contributed by atoms with van der Waals surface area (Å²) in [7, 11) is 0. The van der Waals surface area contributed by atoms with Gasteiger partial charge in [-0.3, -0.25) is 4.79 Å². The largest absolute Gasteiger partial charge is 0.418 e. The third-order valence-corrected chi connectivity index (χ3v) is 4.13. The van der Waals surface area contributed by atoms with Crippen molar-refractivity contribution in [3.05, 3.63) is 28.8 Å². The molecule has 1 fully saturated rings. The van der Waals surface area contributed by atoms with Gasteiger partial charge in [-0.2, -0.15) is 13.2 Å². The van der Waals surface area contributed by atoms with Gasteiger partial charge in [0.2, 0.25) is 5.91 Å². The van der Waals surface area contributed by atoms with E-state index in [-0.39, 0.29) is 10.7 Å². The molecule has 116 valence electrons. The molecule has 1 aromatic carbocycles. The minimum absolute atomic E-state index is 0.115. The Morgan fingerprint density at radius 2 is 1.95 bits per heavy atom. The minimum atomic E-state index is -4.57. The molecule has 1 heterocycles. The molecule has 0 aromatic heterocycles. The summed E-state index contributed by atoms with van der Waals surface area (Å²) in [5.74, 6) is -0.428. The molecule has 1 aliphatic heterocycles. The number of hydrogen-bond donors (Lipinski definition) is 2. The molecule has 0 atom stereocenters. The molecule has 21 heavy (non-hydrogen) atoms. The fourth-order valence-corrected chi connectivity index (χ4v) is 2.58. The van der Waals surface area contributed by atoms with Gasteiger partial charge in [0.05, 0.1) is 16.3 Å². The van der Waals surface area contributed by atoms with Crippen LogP contribution in [0.15, 0.2) is 18.2 Å². The lowest BCUT2D eigenvalue weighted by Gasteiger charge is -2.33. The van der Waals surface area contributed by atoms with Crippen LogP contribution in [-0.4, -0.2) is 19.0 Å². The van der Waals surface area contributed by atoms with E-state index in [1.165, 1.54) is 12.1 Å². The van der Waals surface area contributed by atoms with Crippen molar-refractivity contribution >= 4 is 23.2 Å². The van der Waals surface area contributed by atoms with Gasteiger partial charge < -0.3 is 10.6 Å². The molecule has 0 spiro atoms. The zero-order valence-corrected chi connectivity index (χ0v) is 12.2. The van der Waals surface area contributed by atoms with E-state index >= 15 is 0 Å². The number of piperidine rings is 1. The summed E-state index contributed by atoms with van der Waals surface area (Å²) in [6.45, 7) is 3.09. The summed E-state index contributed by atoms with van der Waals surface area (Å²) in [5, 5.41) is 5.38. The summed E-state index contributed by atoms with van der Waals surface area (Å²) in [4.78, 5) is 12.4. The lowest BCUT2D eigenvalue weighted by atomic mass is 9.80. The second-order valence-corrected chi connectivity index (χ2v) is 5.83. The van der Waals surface area contributed by atoms with Gasteiger partial charge in [0.25, 0.3) is 0 Å². The van der Waals surface area contributed by atoms with Crippen LogP contribution < -0.4 is 10.6 Å². The Balaban J connectivity index is 2.29. The molecule has 0 bridgehead atoms. The average Bonchev–Trinajstić information content (AvgIpc) is 2.40. The molecule has 7 heteroatoms.